The monoisotopic (exact) mass is 300 g/mol. The van der Waals surface area contributed by atoms with E-state index in [2.05, 4.69) is 60.0 Å². The van der Waals surface area contributed by atoms with E-state index in [1.807, 2.05) is 0 Å². The van der Waals surface area contributed by atoms with Gasteiger partial charge in [0, 0.05) is 31.7 Å². The van der Waals surface area contributed by atoms with Crippen LogP contribution in [0.25, 0.3) is 0 Å². The maximum atomic E-state index is 6.13. The molecule has 0 aromatic heterocycles. The van der Waals surface area contributed by atoms with Crippen LogP contribution >= 0.6 is 0 Å². The van der Waals surface area contributed by atoms with Crippen molar-refractivity contribution in [3.8, 4) is 0 Å². The molecule has 1 aliphatic heterocycles. The van der Waals surface area contributed by atoms with Gasteiger partial charge in [-0.15, -0.1) is 0 Å². The van der Waals surface area contributed by atoms with Crippen molar-refractivity contribution >= 4 is 5.96 Å². The first kappa shape index (κ1) is 15.3. The number of benzene rings is 1. The van der Waals surface area contributed by atoms with E-state index in [0.29, 0.717) is 12.0 Å². The summed E-state index contributed by atoms with van der Waals surface area (Å²) in [5, 5.41) is 0. The van der Waals surface area contributed by atoms with Crippen LogP contribution in [0.5, 0.6) is 0 Å². The number of guanidine groups is 1. The van der Waals surface area contributed by atoms with Crippen molar-refractivity contribution < 1.29 is 0 Å². The van der Waals surface area contributed by atoms with E-state index in [9.17, 15) is 0 Å². The van der Waals surface area contributed by atoms with Crippen LogP contribution in [0.2, 0.25) is 0 Å². The summed E-state index contributed by atoms with van der Waals surface area (Å²) in [4.78, 5) is 9.32. The zero-order valence-corrected chi connectivity index (χ0v) is 14.0. The van der Waals surface area contributed by atoms with Crippen molar-refractivity contribution in [2.75, 3.05) is 20.1 Å². The lowest BCUT2D eigenvalue weighted by Crippen LogP contribution is -2.49. The molecule has 1 saturated carbocycles. The molecule has 0 unspecified atom stereocenters. The molecule has 0 spiro atoms. The van der Waals surface area contributed by atoms with Crippen molar-refractivity contribution in [1.82, 2.24) is 9.80 Å². The van der Waals surface area contributed by atoms with Crippen LogP contribution in [0.3, 0.4) is 0 Å². The molecule has 1 aliphatic carbocycles. The molecule has 0 saturated heterocycles. The molecule has 0 amide bonds. The smallest absolute Gasteiger partial charge is 0.191 e. The van der Waals surface area contributed by atoms with Gasteiger partial charge in [0.1, 0.15) is 0 Å². The molecule has 22 heavy (non-hydrogen) atoms. The topological polar surface area (TPSA) is 44.9 Å². The molecule has 120 valence electrons. The fraction of sp³-hybridized carbons (Fsp3) is 0.611. The van der Waals surface area contributed by atoms with E-state index in [0.717, 1.165) is 26.1 Å². The van der Waals surface area contributed by atoms with Crippen molar-refractivity contribution in [3.05, 3.63) is 35.4 Å². The average molecular weight is 300 g/mol. The summed E-state index contributed by atoms with van der Waals surface area (Å²) >= 11 is 0. The summed E-state index contributed by atoms with van der Waals surface area (Å²) in [6, 6.07) is 9.39. The molecule has 4 heteroatoms. The molecule has 3 rings (SSSR count). The van der Waals surface area contributed by atoms with Crippen LogP contribution < -0.4 is 5.73 Å². The Hall–Kier alpha value is -1.55. The summed E-state index contributed by atoms with van der Waals surface area (Å²) in [7, 11) is 2.06. The number of fused-ring (bicyclic) bond motifs is 1. The van der Waals surface area contributed by atoms with Crippen LogP contribution in [0.4, 0.5) is 0 Å². The Morgan fingerprint density at radius 3 is 2.68 bits per heavy atom. The number of nitrogens with two attached hydrogens (primary N) is 1. The number of aliphatic imine (C=N–C) groups is 1. The van der Waals surface area contributed by atoms with Crippen LogP contribution in [0.1, 0.15) is 37.8 Å². The van der Waals surface area contributed by atoms with Gasteiger partial charge in [-0.2, -0.15) is 0 Å². The highest BCUT2D eigenvalue weighted by molar-refractivity contribution is 5.78. The normalized spacial score (nSPS) is 19.9. The fourth-order valence-electron chi connectivity index (χ4n) is 3.15. The second-order valence-electron chi connectivity index (χ2n) is 7.27. The van der Waals surface area contributed by atoms with E-state index in [4.69, 9.17) is 5.73 Å². The van der Waals surface area contributed by atoms with Gasteiger partial charge in [0.2, 0.25) is 0 Å². The minimum atomic E-state index is 0.0303. The first-order valence-corrected chi connectivity index (χ1v) is 8.32. The largest absolute Gasteiger partial charge is 0.370 e. The zero-order valence-electron chi connectivity index (χ0n) is 14.0. The number of hydrogen-bond donors (Lipinski definition) is 1. The lowest BCUT2D eigenvalue weighted by atomic mass is 9.94. The second kappa shape index (κ2) is 5.92. The molecule has 0 bridgehead atoms. The number of hydrogen-bond acceptors (Lipinski definition) is 2. The van der Waals surface area contributed by atoms with Crippen LogP contribution in [0, 0.1) is 0 Å². The van der Waals surface area contributed by atoms with Crippen LogP contribution in [-0.4, -0.2) is 47.5 Å². The first-order valence-electron chi connectivity index (χ1n) is 8.32. The van der Waals surface area contributed by atoms with Gasteiger partial charge < -0.3 is 10.6 Å². The highest BCUT2D eigenvalue weighted by Gasteiger charge is 2.31. The predicted molar refractivity (Wildman–Crippen MR) is 91.9 cm³/mol. The van der Waals surface area contributed by atoms with Gasteiger partial charge in [-0.25, -0.2) is 0 Å². The molecule has 2 aliphatic rings. The second-order valence-corrected chi connectivity index (χ2v) is 7.27. The van der Waals surface area contributed by atoms with E-state index >= 15 is 0 Å². The standard InChI is InChI=1S/C18H28N4/c1-18(2,13-20-17(19)21(3)16-8-9-16)22-11-10-14-6-4-5-7-15(14)12-22/h4-7,16H,8-13H2,1-3H3,(H2,19,20). The Kier molecular flexibility index (Phi) is 4.13. The summed E-state index contributed by atoms with van der Waals surface area (Å²) in [6.07, 6.45) is 3.62. The van der Waals surface area contributed by atoms with Gasteiger partial charge in [-0.05, 0) is 44.2 Å². The summed E-state index contributed by atoms with van der Waals surface area (Å²) in [5.41, 5.74) is 9.10. The SMILES string of the molecule is CN(C(N)=NCC(C)(C)N1CCc2ccccc2C1)C1CC1. The summed E-state index contributed by atoms with van der Waals surface area (Å²) < 4.78 is 0. The third-order valence-corrected chi connectivity index (χ3v) is 5.07. The number of rotatable bonds is 4. The summed E-state index contributed by atoms with van der Waals surface area (Å²) in [6.45, 7) is 7.40. The predicted octanol–water partition coefficient (Wildman–Crippen LogP) is 2.23. The molecular formula is C18H28N4. The Morgan fingerprint density at radius 2 is 2.00 bits per heavy atom. The van der Waals surface area contributed by atoms with Gasteiger partial charge >= 0.3 is 0 Å². The molecule has 4 nitrogen and oxygen atoms in total. The van der Waals surface area contributed by atoms with Crippen LogP contribution in [0.15, 0.2) is 29.3 Å². The summed E-state index contributed by atoms with van der Waals surface area (Å²) in [5.74, 6) is 0.688. The van der Waals surface area contributed by atoms with Gasteiger partial charge in [-0.1, -0.05) is 24.3 Å². The van der Waals surface area contributed by atoms with Gasteiger partial charge in [0.05, 0.1) is 6.54 Å². The molecule has 2 N–H and O–H groups in total. The molecule has 1 aromatic rings. The van der Waals surface area contributed by atoms with E-state index in [-0.39, 0.29) is 5.54 Å². The Morgan fingerprint density at radius 1 is 1.32 bits per heavy atom. The van der Waals surface area contributed by atoms with E-state index in [1.165, 1.54) is 24.0 Å². The Balaban J connectivity index is 1.64. The van der Waals surface area contributed by atoms with Gasteiger partial charge in [0.25, 0.3) is 0 Å². The van der Waals surface area contributed by atoms with Crippen LogP contribution in [-0.2, 0) is 13.0 Å². The molecule has 1 heterocycles. The first-order chi connectivity index (χ1) is 10.5. The minimum absolute atomic E-state index is 0.0303. The van der Waals surface area contributed by atoms with Gasteiger partial charge in [0.15, 0.2) is 5.96 Å². The van der Waals surface area contributed by atoms with E-state index in [1.54, 1.807) is 0 Å². The molecular weight excluding hydrogens is 272 g/mol. The van der Waals surface area contributed by atoms with E-state index < -0.39 is 0 Å². The van der Waals surface area contributed by atoms with Crippen molar-refractivity contribution in [3.63, 3.8) is 0 Å². The molecule has 1 aromatic carbocycles. The Labute approximate surface area is 134 Å². The molecule has 0 atom stereocenters. The lowest BCUT2D eigenvalue weighted by molar-refractivity contribution is 0.111. The lowest BCUT2D eigenvalue weighted by Gasteiger charge is -2.41. The highest BCUT2D eigenvalue weighted by atomic mass is 15.3. The maximum Gasteiger partial charge on any atom is 0.191 e. The highest BCUT2D eigenvalue weighted by Crippen LogP contribution is 2.27. The molecule has 0 radical (unpaired) electrons. The third kappa shape index (κ3) is 3.27. The minimum Gasteiger partial charge on any atom is -0.370 e. The Bertz CT molecular complexity index is 560. The van der Waals surface area contributed by atoms with Crippen molar-refractivity contribution in [2.24, 2.45) is 10.7 Å². The fourth-order valence-corrected chi connectivity index (χ4v) is 3.15. The average Bonchev–Trinajstić information content (AvgIpc) is 3.36. The number of nitrogens with zero attached hydrogens (tertiary/aromatic N) is 3. The maximum absolute atomic E-state index is 6.13. The quantitative estimate of drug-likeness (QED) is 0.685. The van der Waals surface area contributed by atoms with Crippen molar-refractivity contribution in [2.45, 2.75) is 51.2 Å². The third-order valence-electron chi connectivity index (χ3n) is 5.07. The van der Waals surface area contributed by atoms with Crippen molar-refractivity contribution in [1.29, 1.82) is 0 Å². The zero-order chi connectivity index (χ0) is 15.7. The van der Waals surface area contributed by atoms with Gasteiger partial charge in [-0.3, -0.25) is 9.89 Å². The molecule has 1 fully saturated rings.